The minimum atomic E-state index is -0.104. The van der Waals surface area contributed by atoms with Crippen molar-refractivity contribution in [2.24, 2.45) is 0 Å². The molecule has 1 aromatic heterocycles. The van der Waals surface area contributed by atoms with Crippen molar-refractivity contribution in [2.75, 3.05) is 57.9 Å². The summed E-state index contributed by atoms with van der Waals surface area (Å²) in [5.41, 5.74) is 1.19. The smallest absolute Gasteiger partial charge is 0.262 e. The summed E-state index contributed by atoms with van der Waals surface area (Å²) >= 11 is 6.12. The van der Waals surface area contributed by atoms with Crippen LogP contribution in [0.25, 0.3) is 0 Å². The molecule has 7 nitrogen and oxygen atoms in total. The van der Waals surface area contributed by atoms with E-state index < -0.39 is 0 Å². The Morgan fingerprint density at radius 2 is 1.91 bits per heavy atom. The van der Waals surface area contributed by atoms with Crippen molar-refractivity contribution in [3.8, 4) is 5.75 Å². The molecule has 0 spiro atoms. The number of rotatable bonds is 8. The van der Waals surface area contributed by atoms with Crippen molar-refractivity contribution < 1.29 is 14.3 Å². The molecule has 0 unspecified atom stereocenters. The number of benzene rings is 1. The van der Waals surface area contributed by atoms with Gasteiger partial charge in [-0.1, -0.05) is 17.7 Å². The molecule has 0 radical (unpaired) electrons. The van der Waals surface area contributed by atoms with Gasteiger partial charge in [-0.05, 0) is 49.7 Å². The number of fused-ring (bicyclic) bond motifs is 1. The van der Waals surface area contributed by atoms with Crippen LogP contribution < -0.4 is 9.64 Å². The molecule has 8 heteroatoms. The maximum absolute atomic E-state index is 13.2. The van der Waals surface area contributed by atoms with E-state index >= 15 is 0 Å². The summed E-state index contributed by atoms with van der Waals surface area (Å²) in [6, 6.07) is 11.2. The van der Waals surface area contributed by atoms with E-state index in [1.54, 1.807) is 36.5 Å². The second-order valence-corrected chi connectivity index (χ2v) is 8.42. The van der Waals surface area contributed by atoms with Gasteiger partial charge in [-0.15, -0.1) is 0 Å². The Bertz CT molecular complexity index is 946. The number of carbonyl (C=O) groups is 1. The van der Waals surface area contributed by atoms with Gasteiger partial charge in [0.25, 0.3) is 5.91 Å². The number of unbranched alkanes of at least 4 members (excludes halogenated alkanes) is 1. The molecule has 2 aliphatic rings. The van der Waals surface area contributed by atoms with Crippen LogP contribution in [-0.2, 0) is 4.74 Å². The minimum Gasteiger partial charge on any atom is -0.462 e. The molecular weight excluding hydrogens is 428 g/mol. The Balaban J connectivity index is 1.29. The van der Waals surface area contributed by atoms with Crippen LogP contribution in [0.15, 0.2) is 54.6 Å². The number of nitrogens with zero attached hydrogens (tertiary/aromatic N) is 4. The van der Waals surface area contributed by atoms with E-state index in [0.717, 1.165) is 51.4 Å². The SMILES string of the molecule is COCC1=COc2ccc(Cl)cc2C(=O)N1CCCCN1CCN(c2ccccn2)CC1. The van der Waals surface area contributed by atoms with Gasteiger partial charge in [-0.25, -0.2) is 4.98 Å². The second kappa shape index (κ2) is 10.8. The normalized spacial score (nSPS) is 16.9. The van der Waals surface area contributed by atoms with E-state index in [0.29, 0.717) is 35.2 Å². The predicted octanol–water partition coefficient (Wildman–Crippen LogP) is 3.66. The van der Waals surface area contributed by atoms with E-state index in [1.165, 1.54) is 0 Å². The maximum Gasteiger partial charge on any atom is 0.262 e. The lowest BCUT2D eigenvalue weighted by Gasteiger charge is -2.35. The van der Waals surface area contributed by atoms with Crippen molar-refractivity contribution >= 4 is 23.3 Å². The zero-order valence-corrected chi connectivity index (χ0v) is 19.1. The standard InChI is InChI=1S/C24H29ClN4O3/c1-31-17-20-18-32-22-8-7-19(25)16-21(22)24(30)29(20)11-5-4-10-27-12-14-28(15-13-27)23-6-2-3-9-26-23/h2-3,6-9,16,18H,4-5,10-15,17H2,1H3. The quantitative estimate of drug-likeness (QED) is 0.565. The summed E-state index contributed by atoms with van der Waals surface area (Å²) in [5, 5.41) is 0.515. The van der Waals surface area contributed by atoms with Crippen LogP contribution in [0.3, 0.4) is 0 Å². The molecule has 32 heavy (non-hydrogen) atoms. The third-order valence-corrected chi connectivity index (χ3v) is 6.06. The highest BCUT2D eigenvalue weighted by Gasteiger charge is 2.26. The Kier molecular flexibility index (Phi) is 7.63. The fourth-order valence-corrected chi connectivity index (χ4v) is 4.27. The first-order valence-electron chi connectivity index (χ1n) is 11.0. The van der Waals surface area contributed by atoms with Crippen LogP contribution in [0, 0.1) is 0 Å². The number of pyridine rings is 1. The number of carbonyl (C=O) groups excluding carboxylic acids is 1. The highest BCUT2D eigenvalue weighted by atomic mass is 35.5. The molecule has 170 valence electrons. The number of ether oxygens (including phenoxy) is 2. The van der Waals surface area contributed by atoms with Gasteiger partial charge in [0, 0.05) is 51.1 Å². The Morgan fingerprint density at radius 3 is 2.66 bits per heavy atom. The van der Waals surface area contributed by atoms with E-state index in [2.05, 4.69) is 20.9 Å². The van der Waals surface area contributed by atoms with Gasteiger partial charge in [0.05, 0.1) is 17.9 Å². The molecule has 0 atom stereocenters. The molecular formula is C24H29ClN4O3. The number of anilines is 1. The van der Waals surface area contributed by atoms with Gasteiger partial charge in [0.2, 0.25) is 0 Å². The summed E-state index contributed by atoms with van der Waals surface area (Å²) < 4.78 is 11.0. The number of aromatic nitrogens is 1. The number of hydrogen-bond acceptors (Lipinski definition) is 6. The highest BCUT2D eigenvalue weighted by Crippen LogP contribution is 2.29. The van der Waals surface area contributed by atoms with Crippen molar-refractivity contribution in [3.63, 3.8) is 0 Å². The first-order valence-corrected chi connectivity index (χ1v) is 11.4. The fraction of sp³-hybridized carbons (Fsp3) is 0.417. The predicted molar refractivity (Wildman–Crippen MR) is 125 cm³/mol. The van der Waals surface area contributed by atoms with E-state index in [-0.39, 0.29) is 5.91 Å². The maximum atomic E-state index is 13.2. The average Bonchev–Trinajstić information content (AvgIpc) is 2.95. The minimum absolute atomic E-state index is 0.104. The van der Waals surface area contributed by atoms with Crippen LogP contribution >= 0.6 is 11.6 Å². The van der Waals surface area contributed by atoms with Crippen LogP contribution in [0.4, 0.5) is 5.82 Å². The molecule has 1 aromatic carbocycles. The first kappa shape index (κ1) is 22.6. The van der Waals surface area contributed by atoms with Crippen molar-refractivity contribution in [3.05, 3.63) is 65.1 Å². The largest absolute Gasteiger partial charge is 0.462 e. The number of piperazine rings is 1. The Morgan fingerprint density at radius 1 is 1.09 bits per heavy atom. The molecule has 0 saturated carbocycles. The Hall–Kier alpha value is -2.61. The monoisotopic (exact) mass is 456 g/mol. The average molecular weight is 457 g/mol. The third-order valence-electron chi connectivity index (χ3n) is 5.83. The van der Waals surface area contributed by atoms with Crippen LogP contribution in [0.1, 0.15) is 23.2 Å². The molecule has 1 saturated heterocycles. The molecule has 0 aliphatic carbocycles. The van der Waals surface area contributed by atoms with E-state index in [4.69, 9.17) is 21.1 Å². The summed E-state index contributed by atoms with van der Waals surface area (Å²) in [6.45, 7) is 5.94. The zero-order valence-electron chi connectivity index (χ0n) is 18.4. The second-order valence-electron chi connectivity index (χ2n) is 7.98. The molecule has 2 aromatic rings. The zero-order chi connectivity index (χ0) is 22.3. The number of hydrogen-bond donors (Lipinski definition) is 0. The lowest BCUT2D eigenvalue weighted by Crippen LogP contribution is -2.47. The molecule has 4 rings (SSSR count). The summed E-state index contributed by atoms with van der Waals surface area (Å²) in [7, 11) is 1.61. The molecule has 2 aliphatic heterocycles. The summed E-state index contributed by atoms with van der Waals surface area (Å²) in [6.07, 6.45) is 5.35. The van der Waals surface area contributed by atoms with E-state index in [1.807, 2.05) is 18.3 Å². The van der Waals surface area contributed by atoms with Crippen LogP contribution in [0.2, 0.25) is 5.02 Å². The lowest BCUT2D eigenvalue weighted by molar-refractivity contribution is 0.0771. The third kappa shape index (κ3) is 5.41. The molecule has 1 amide bonds. The number of halogens is 1. The van der Waals surface area contributed by atoms with Gasteiger partial charge in [-0.3, -0.25) is 9.69 Å². The van der Waals surface area contributed by atoms with Crippen LogP contribution in [0.5, 0.6) is 5.75 Å². The topological polar surface area (TPSA) is 58.1 Å². The molecule has 3 heterocycles. The number of methoxy groups -OCH3 is 1. The first-order chi connectivity index (χ1) is 15.7. The Labute approximate surface area is 194 Å². The van der Waals surface area contributed by atoms with Crippen LogP contribution in [-0.4, -0.2) is 73.7 Å². The van der Waals surface area contributed by atoms with Crippen molar-refractivity contribution in [1.82, 2.24) is 14.8 Å². The summed E-state index contributed by atoms with van der Waals surface area (Å²) in [5.74, 6) is 1.46. The van der Waals surface area contributed by atoms with Gasteiger partial charge in [0.1, 0.15) is 17.8 Å². The molecule has 1 fully saturated rings. The fourth-order valence-electron chi connectivity index (χ4n) is 4.09. The summed E-state index contributed by atoms with van der Waals surface area (Å²) in [4.78, 5) is 24.2. The van der Waals surface area contributed by atoms with Gasteiger partial charge >= 0.3 is 0 Å². The molecule has 0 bridgehead atoms. The van der Waals surface area contributed by atoms with Crippen molar-refractivity contribution in [2.45, 2.75) is 12.8 Å². The molecule has 0 N–H and O–H groups in total. The van der Waals surface area contributed by atoms with Gasteiger partial charge in [-0.2, -0.15) is 0 Å². The van der Waals surface area contributed by atoms with Gasteiger partial charge < -0.3 is 19.3 Å². The van der Waals surface area contributed by atoms with Gasteiger partial charge in [0.15, 0.2) is 0 Å². The van der Waals surface area contributed by atoms with Crippen molar-refractivity contribution in [1.29, 1.82) is 0 Å². The van der Waals surface area contributed by atoms with E-state index in [9.17, 15) is 4.79 Å². The number of amides is 1. The highest BCUT2D eigenvalue weighted by molar-refractivity contribution is 6.31. The lowest BCUT2D eigenvalue weighted by atomic mass is 10.1.